The van der Waals surface area contributed by atoms with Crippen LogP contribution in [0.5, 0.6) is 0 Å². The van der Waals surface area contributed by atoms with E-state index in [1.54, 1.807) is 0 Å². The fraction of sp³-hybridized carbons (Fsp3) is 0.722. The number of imidazole rings is 1. The quantitative estimate of drug-likeness (QED) is 0.725. The Bertz CT molecular complexity index is 811. The summed E-state index contributed by atoms with van der Waals surface area (Å²) in [6, 6.07) is 0.426. The van der Waals surface area contributed by atoms with Gasteiger partial charge < -0.3 is 14.0 Å². The minimum absolute atomic E-state index is 0.179. The predicted molar refractivity (Wildman–Crippen MR) is 93.2 cm³/mol. The molecule has 1 spiro atoms. The molecule has 0 aromatic carbocycles. The molecule has 1 aliphatic heterocycles. The van der Waals surface area contributed by atoms with Crippen molar-refractivity contribution < 1.29 is 9.47 Å². The highest BCUT2D eigenvalue weighted by atomic mass is 35.5. The van der Waals surface area contributed by atoms with Crippen LogP contribution in [-0.2, 0) is 9.47 Å². The lowest BCUT2D eigenvalue weighted by atomic mass is 9.54. The van der Waals surface area contributed by atoms with E-state index in [2.05, 4.69) is 19.5 Å². The van der Waals surface area contributed by atoms with Gasteiger partial charge in [-0.05, 0) is 51.4 Å². The molecule has 6 nitrogen and oxygen atoms in total. The molecule has 3 heterocycles. The molecule has 1 saturated heterocycles. The molecule has 3 atom stereocenters. The van der Waals surface area contributed by atoms with E-state index in [1.165, 1.54) is 19.2 Å². The van der Waals surface area contributed by atoms with Gasteiger partial charge in [0, 0.05) is 11.5 Å². The molecule has 0 N–H and O–H groups in total. The van der Waals surface area contributed by atoms with Gasteiger partial charge in [0.2, 0.25) is 0 Å². The zero-order valence-corrected chi connectivity index (χ0v) is 15.4. The summed E-state index contributed by atoms with van der Waals surface area (Å²) in [6.45, 7) is 5.63. The number of nitrogens with zero attached hydrogens (tertiary/aromatic N) is 4. The Labute approximate surface area is 151 Å². The van der Waals surface area contributed by atoms with Gasteiger partial charge in [-0.25, -0.2) is 15.0 Å². The minimum Gasteiger partial charge on any atom is -0.350 e. The first-order valence-corrected chi connectivity index (χ1v) is 9.46. The van der Waals surface area contributed by atoms with E-state index in [1.807, 2.05) is 20.2 Å². The molecular weight excluding hydrogens is 340 g/mol. The number of halogens is 1. The number of ether oxygens (including phenoxy) is 2. The first-order valence-electron chi connectivity index (χ1n) is 9.08. The first-order chi connectivity index (χ1) is 12.0. The molecule has 0 unspecified atom stereocenters. The van der Waals surface area contributed by atoms with Crippen molar-refractivity contribution in [2.45, 2.75) is 51.4 Å². The first kappa shape index (κ1) is 16.0. The molecule has 0 radical (unpaired) electrons. The van der Waals surface area contributed by atoms with E-state index >= 15 is 0 Å². The molecule has 4 aliphatic rings. The maximum atomic E-state index is 6.17. The highest BCUT2D eigenvalue weighted by Gasteiger charge is 2.54. The zero-order chi connectivity index (χ0) is 17.2. The van der Waals surface area contributed by atoms with Gasteiger partial charge in [0.1, 0.15) is 11.8 Å². The lowest BCUT2D eigenvalue weighted by Gasteiger charge is -2.57. The highest BCUT2D eigenvalue weighted by Crippen LogP contribution is 2.58. The summed E-state index contributed by atoms with van der Waals surface area (Å²) in [4.78, 5) is 12.9. The van der Waals surface area contributed by atoms with Crippen molar-refractivity contribution >= 4 is 22.8 Å². The van der Waals surface area contributed by atoms with E-state index in [0.717, 1.165) is 31.7 Å². The van der Waals surface area contributed by atoms with E-state index in [4.69, 9.17) is 21.1 Å². The molecule has 3 aliphatic carbocycles. The van der Waals surface area contributed by atoms with Crippen LogP contribution in [-0.4, -0.2) is 38.5 Å². The number of fused-ring (bicyclic) bond motifs is 3. The van der Waals surface area contributed by atoms with Crippen LogP contribution in [0.4, 0.5) is 0 Å². The third kappa shape index (κ3) is 2.41. The highest BCUT2D eigenvalue weighted by molar-refractivity contribution is 6.33. The van der Waals surface area contributed by atoms with Crippen molar-refractivity contribution in [3.05, 3.63) is 17.8 Å². The van der Waals surface area contributed by atoms with Gasteiger partial charge >= 0.3 is 0 Å². The molecular formula is C18H23ClN4O2. The molecule has 2 aromatic heterocycles. The fourth-order valence-corrected chi connectivity index (χ4v) is 5.35. The van der Waals surface area contributed by atoms with Crippen molar-refractivity contribution in [3.63, 3.8) is 0 Å². The number of hydrogen-bond donors (Lipinski definition) is 0. The molecule has 134 valence electrons. The molecule has 25 heavy (non-hydrogen) atoms. The smallest absolute Gasteiger partial charge is 0.165 e. The predicted octanol–water partition coefficient (Wildman–Crippen LogP) is 3.61. The molecule has 3 saturated carbocycles. The molecule has 2 aromatic rings. The Hall–Kier alpha value is -1.24. The van der Waals surface area contributed by atoms with Crippen molar-refractivity contribution in [2.24, 2.45) is 17.3 Å². The summed E-state index contributed by atoms with van der Waals surface area (Å²) in [5, 5.41) is 0.428. The Morgan fingerprint density at radius 2 is 1.96 bits per heavy atom. The summed E-state index contributed by atoms with van der Waals surface area (Å²) in [6.07, 6.45) is 8.20. The van der Waals surface area contributed by atoms with Crippen LogP contribution >= 0.6 is 11.6 Å². The molecule has 2 bridgehead atoms. The normalized spacial score (nSPS) is 33.2. The van der Waals surface area contributed by atoms with Crippen molar-refractivity contribution in [2.75, 3.05) is 13.2 Å². The molecule has 4 fully saturated rings. The molecule has 6 rings (SSSR count). The summed E-state index contributed by atoms with van der Waals surface area (Å²) in [7, 11) is 0. The van der Waals surface area contributed by atoms with Crippen molar-refractivity contribution in [3.8, 4) is 0 Å². The summed E-state index contributed by atoms with van der Waals surface area (Å²) in [5.41, 5.74) is 1.73. The van der Waals surface area contributed by atoms with E-state index in [9.17, 15) is 0 Å². The molecule has 0 amide bonds. The second kappa shape index (κ2) is 5.38. The third-order valence-corrected chi connectivity index (χ3v) is 6.85. The van der Waals surface area contributed by atoms with E-state index < -0.39 is 5.79 Å². The second-order valence-corrected chi connectivity index (χ2v) is 8.73. The average Bonchev–Trinajstić information content (AvgIpc) is 3.04. The van der Waals surface area contributed by atoms with Crippen LogP contribution in [0.2, 0.25) is 5.15 Å². The summed E-state index contributed by atoms with van der Waals surface area (Å²) >= 11 is 6.17. The Kier molecular flexibility index (Phi) is 3.44. The maximum Gasteiger partial charge on any atom is 0.165 e. The van der Waals surface area contributed by atoms with Crippen LogP contribution in [0, 0.1) is 17.3 Å². The third-order valence-electron chi connectivity index (χ3n) is 6.58. The second-order valence-electron chi connectivity index (χ2n) is 8.37. The van der Waals surface area contributed by atoms with Gasteiger partial charge in [0.25, 0.3) is 0 Å². The van der Waals surface area contributed by atoms with Crippen LogP contribution < -0.4 is 0 Å². The lowest BCUT2D eigenvalue weighted by molar-refractivity contribution is -0.307. The van der Waals surface area contributed by atoms with Gasteiger partial charge in [0.15, 0.2) is 16.6 Å². The maximum absolute atomic E-state index is 6.17. The Morgan fingerprint density at radius 3 is 2.68 bits per heavy atom. The van der Waals surface area contributed by atoms with Gasteiger partial charge in [0.05, 0.1) is 19.5 Å². The standard InChI is InChI=1S/C18H23ClN4O2/c1-17(2)24-7-18(8-25-17)6-11-3-4-12(18)5-13(11)23-10-22-14-15(19)20-9-21-16(14)23/h9-13H,3-8H2,1-2H3/t11-,12-,13+/m1/s1. The average molecular weight is 363 g/mol. The van der Waals surface area contributed by atoms with Gasteiger partial charge in [-0.1, -0.05) is 11.6 Å². The van der Waals surface area contributed by atoms with Gasteiger partial charge in [-0.3, -0.25) is 0 Å². The number of hydrogen-bond acceptors (Lipinski definition) is 5. The van der Waals surface area contributed by atoms with Gasteiger partial charge in [-0.15, -0.1) is 0 Å². The lowest BCUT2D eigenvalue weighted by Crippen LogP contribution is -2.56. The van der Waals surface area contributed by atoms with Crippen molar-refractivity contribution in [1.29, 1.82) is 0 Å². The number of rotatable bonds is 1. The number of aromatic nitrogens is 4. The minimum atomic E-state index is -0.449. The van der Waals surface area contributed by atoms with Crippen LogP contribution in [0.25, 0.3) is 11.2 Å². The fourth-order valence-electron chi connectivity index (χ4n) is 5.17. The Balaban J connectivity index is 1.45. The van der Waals surface area contributed by atoms with Gasteiger partial charge in [-0.2, -0.15) is 0 Å². The van der Waals surface area contributed by atoms with Crippen LogP contribution in [0.3, 0.4) is 0 Å². The largest absolute Gasteiger partial charge is 0.350 e. The monoisotopic (exact) mass is 362 g/mol. The van der Waals surface area contributed by atoms with Crippen molar-refractivity contribution in [1.82, 2.24) is 19.5 Å². The Morgan fingerprint density at radius 1 is 1.16 bits per heavy atom. The van der Waals surface area contributed by atoms with Crippen LogP contribution in [0.1, 0.15) is 45.6 Å². The molecule has 7 heteroatoms. The topological polar surface area (TPSA) is 62.1 Å². The SMILES string of the molecule is CC1(C)OCC2(CO1)C[C@H]1CC[C@@H]2C[C@@H]1n1cnc2c(Cl)ncnc21. The van der Waals surface area contributed by atoms with Crippen LogP contribution in [0.15, 0.2) is 12.7 Å². The summed E-state index contributed by atoms with van der Waals surface area (Å²) in [5.74, 6) is 0.771. The van der Waals surface area contributed by atoms with E-state index in [-0.39, 0.29) is 5.41 Å². The zero-order valence-electron chi connectivity index (χ0n) is 14.6. The summed E-state index contributed by atoms with van der Waals surface area (Å²) < 4.78 is 14.3. The van der Waals surface area contributed by atoms with E-state index in [0.29, 0.717) is 28.5 Å².